The Kier molecular flexibility index (Phi) is 5.00. The first-order valence-corrected chi connectivity index (χ1v) is 7.00. The van der Waals surface area contributed by atoms with Gasteiger partial charge in [0.25, 0.3) is 0 Å². The normalized spacial score (nSPS) is 17.3. The average molecular weight is 303 g/mol. The van der Waals surface area contributed by atoms with E-state index in [1.165, 1.54) is 0 Å². The third-order valence-electron chi connectivity index (χ3n) is 3.47. The van der Waals surface area contributed by atoms with Crippen LogP contribution in [0.2, 0.25) is 0 Å². The number of piperazine rings is 1. The van der Waals surface area contributed by atoms with E-state index in [1.54, 1.807) is 11.8 Å². The Morgan fingerprint density at radius 3 is 2.43 bits per heavy atom. The summed E-state index contributed by atoms with van der Waals surface area (Å²) in [5.41, 5.74) is 4.93. The van der Waals surface area contributed by atoms with Crippen molar-refractivity contribution in [2.24, 2.45) is 5.73 Å². The van der Waals surface area contributed by atoms with Gasteiger partial charge in [0, 0.05) is 31.9 Å². The Morgan fingerprint density at radius 2 is 1.86 bits per heavy atom. The second-order valence-corrected chi connectivity index (χ2v) is 5.16. The standard InChI is InChI=1S/C13H20F3N5/c1-10-9-11(13(14,15)16)19-12(18-10)21-7-5-20(6-8-21)4-2-3-17/h9H,2-8,17H2,1H3. The lowest BCUT2D eigenvalue weighted by molar-refractivity contribution is -0.141. The molecule has 0 spiro atoms. The highest BCUT2D eigenvalue weighted by molar-refractivity contribution is 5.33. The molecule has 0 aromatic carbocycles. The van der Waals surface area contributed by atoms with Crippen LogP contribution in [0.3, 0.4) is 0 Å². The predicted molar refractivity (Wildman–Crippen MR) is 74.1 cm³/mol. The first-order chi connectivity index (χ1) is 9.90. The fraction of sp³-hybridized carbons (Fsp3) is 0.692. The molecule has 1 aromatic heterocycles. The number of nitrogens with two attached hydrogens (primary N) is 1. The molecule has 5 nitrogen and oxygen atoms in total. The maximum Gasteiger partial charge on any atom is 0.433 e. The summed E-state index contributed by atoms with van der Waals surface area (Å²) in [5.74, 6) is 0.167. The van der Waals surface area contributed by atoms with Crippen molar-refractivity contribution < 1.29 is 13.2 Å². The minimum atomic E-state index is -4.44. The number of nitrogens with zero attached hydrogens (tertiary/aromatic N) is 4. The molecule has 1 fully saturated rings. The van der Waals surface area contributed by atoms with E-state index in [1.807, 2.05) is 0 Å². The lowest BCUT2D eigenvalue weighted by Crippen LogP contribution is -2.47. The number of rotatable bonds is 4. The second-order valence-electron chi connectivity index (χ2n) is 5.16. The number of anilines is 1. The molecule has 0 bridgehead atoms. The molecular formula is C13H20F3N5. The van der Waals surface area contributed by atoms with Gasteiger partial charge in [-0.1, -0.05) is 0 Å². The topological polar surface area (TPSA) is 58.3 Å². The predicted octanol–water partition coefficient (Wildman–Crippen LogP) is 1.27. The van der Waals surface area contributed by atoms with Crippen molar-refractivity contribution in [3.05, 3.63) is 17.5 Å². The van der Waals surface area contributed by atoms with Crippen molar-refractivity contribution in [2.75, 3.05) is 44.2 Å². The SMILES string of the molecule is Cc1cc(C(F)(F)F)nc(N2CCN(CCCN)CC2)n1. The van der Waals surface area contributed by atoms with Crippen LogP contribution in [0.25, 0.3) is 0 Å². The summed E-state index contributed by atoms with van der Waals surface area (Å²) in [5, 5.41) is 0. The van der Waals surface area contributed by atoms with Crippen molar-refractivity contribution in [1.29, 1.82) is 0 Å². The van der Waals surface area contributed by atoms with Gasteiger partial charge in [-0.15, -0.1) is 0 Å². The Balaban J connectivity index is 2.05. The quantitative estimate of drug-likeness (QED) is 0.908. The minimum Gasteiger partial charge on any atom is -0.338 e. The van der Waals surface area contributed by atoms with Crippen molar-refractivity contribution >= 4 is 5.95 Å². The molecule has 21 heavy (non-hydrogen) atoms. The smallest absolute Gasteiger partial charge is 0.338 e. The molecule has 2 heterocycles. The van der Waals surface area contributed by atoms with Gasteiger partial charge in [-0.05, 0) is 32.5 Å². The Hall–Kier alpha value is -1.41. The number of halogens is 3. The first kappa shape index (κ1) is 16.0. The van der Waals surface area contributed by atoms with Crippen molar-refractivity contribution in [3.8, 4) is 0 Å². The van der Waals surface area contributed by atoms with Gasteiger partial charge in [-0.2, -0.15) is 13.2 Å². The van der Waals surface area contributed by atoms with Gasteiger partial charge in [0.1, 0.15) is 5.69 Å². The highest BCUT2D eigenvalue weighted by atomic mass is 19.4. The second kappa shape index (κ2) is 6.57. The molecule has 0 aliphatic carbocycles. The maximum absolute atomic E-state index is 12.8. The molecule has 0 unspecified atom stereocenters. The van der Waals surface area contributed by atoms with Gasteiger partial charge in [-0.3, -0.25) is 4.90 Å². The molecule has 2 N–H and O–H groups in total. The van der Waals surface area contributed by atoms with Crippen LogP contribution in [0.4, 0.5) is 19.1 Å². The zero-order valence-electron chi connectivity index (χ0n) is 12.0. The average Bonchev–Trinajstić information content (AvgIpc) is 2.44. The summed E-state index contributed by atoms with van der Waals surface area (Å²) < 4.78 is 38.4. The molecule has 0 radical (unpaired) electrons. The summed E-state index contributed by atoms with van der Waals surface area (Å²) in [4.78, 5) is 11.9. The summed E-state index contributed by atoms with van der Waals surface area (Å²) in [6.07, 6.45) is -3.51. The van der Waals surface area contributed by atoms with Crippen LogP contribution in [0, 0.1) is 6.92 Å². The Morgan fingerprint density at radius 1 is 1.19 bits per heavy atom. The van der Waals surface area contributed by atoms with Crippen LogP contribution in [0.5, 0.6) is 0 Å². The Bertz CT molecular complexity index is 469. The van der Waals surface area contributed by atoms with E-state index in [4.69, 9.17) is 5.73 Å². The fourth-order valence-electron chi connectivity index (χ4n) is 2.33. The van der Waals surface area contributed by atoms with Gasteiger partial charge in [0.15, 0.2) is 0 Å². The van der Waals surface area contributed by atoms with Crippen molar-refractivity contribution in [2.45, 2.75) is 19.5 Å². The minimum absolute atomic E-state index is 0.167. The number of aromatic nitrogens is 2. The number of hydrogen-bond donors (Lipinski definition) is 1. The van der Waals surface area contributed by atoms with Crippen LogP contribution < -0.4 is 10.6 Å². The molecule has 1 aromatic rings. The van der Waals surface area contributed by atoms with Gasteiger partial charge in [0.05, 0.1) is 0 Å². The molecule has 0 saturated carbocycles. The van der Waals surface area contributed by atoms with Crippen molar-refractivity contribution in [1.82, 2.24) is 14.9 Å². The number of alkyl halides is 3. The van der Waals surface area contributed by atoms with E-state index in [9.17, 15) is 13.2 Å². The molecule has 1 aliphatic rings. The van der Waals surface area contributed by atoms with E-state index >= 15 is 0 Å². The largest absolute Gasteiger partial charge is 0.433 e. The lowest BCUT2D eigenvalue weighted by atomic mass is 10.3. The molecule has 0 atom stereocenters. The van der Waals surface area contributed by atoms with E-state index in [0.29, 0.717) is 25.3 Å². The van der Waals surface area contributed by atoms with Gasteiger partial charge < -0.3 is 10.6 Å². The summed E-state index contributed by atoms with van der Waals surface area (Å²) in [6, 6.07) is 0.973. The summed E-state index contributed by atoms with van der Waals surface area (Å²) in [7, 11) is 0. The Labute approximate surface area is 122 Å². The van der Waals surface area contributed by atoms with E-state index in [-0.39, 0.29) is 5.95 Å². The zero-order valence-corrected chi connectivity index (χ0v) is 12.0. The zero-order chi connectivity index (χ0) is 15.5. The van der Waals surface area contributed by atoms with Crippen LogP contribution in [-0.2, 0) is 6.18 Å². The third kappa shape index (κ3) is 4.28. The summed E-state index contributed by atoms with van der Waals surface area (Å²) in [6.45, 7) is 5.97. The van der Waals surface area contributed by atoms with E-state index in [0.717, 1.165) is 32.1 Å². The molecule has 2 rings (SSSR count). The molecule has 8 heteroatoms. The molecule has 0 amide bonds. The first-order valence-electron chi connectivity index (χ1n) is 7.00. The van der Waals surface area contributed by atoms with Gasteiger partial charge in [0.2, 0.25) is 5.95 Å². The van der Waals surface area contributed by atoms with Crippen LogP contribution in [-0.4, -0.2) is 54.1 Å². The molecule has 118 valence electrons. The number of aryl methyl sites for hydroxylation is 1. The monoisotopic (exact) mass is 303 g/mol. The highest BCUT2D eigenvalue weighted by Gasteiger charge is 2.34. The van der Waals surface area contributed by atoms with E-state index in [2.05, 4.69) is 14.9 Å². The third-order valence-corrected chi connectivity index (χ3v) is 3.47. The van der Waals surface area contributed by atoms with Crippen molar-refractivity contribution in [3.63, 3.8) is 0 Å². The molecular weight excluding hydrogens is 283 g/mol. The molecule has 1 saturated heterocycles. The summed E-state index contributed by atoms with van der Waals surface area (Å²) >= 11 is 0. The lowest BCUT2D eigenvalue weighted by Gasteiger charge is -2.34. The van der Waals surface area contributed by atoms with E-state index < -0.39 is 11.9 Å². The maximum atomic E-state index is 12.8. The number of hydrogen-bond acceptors (Lipinski definition) is 5. The molecule has 1 aliphatic heterocycles. The highest BCUT2D eigenvalue weighted by Crippen LogP contribution is 2.29. The van der Waals surface area contributed by atoms with Crippen LogP contribution >= 0.6 is 0 Å². The van der Waals surface area contributed by atoms with Crippen LogP contribution in [0.15, 0.2) is 6.07 Å². The fourth-order valence-corrected chi connectivity index (χ4v) is 2.33. The van der Waals surface area contributed by atoms with Gasteiger partial charge in [-0.25, -0.2) is 9.97 Å². The van der Waals surface area contributed by atoms with Crippen LogP contribution in [0.1, 0.15) is 17.8 Å². The van der Waals surface area contributed by atoms with Gasteiger partial charge >= 0.3 is 6.18 Å².